The second kappa shape index (κ2) is 3.73. The van der Waals surface area contributed by atoms with Crippen molar-refractivity contribution in [3.05, 3.63) is 0 Å². The fourth-order valence-electron chi connectivity index (χ4n) is 3.73. The maximum Gasteiger partial charge on any atom is 0.231 e. The first-order chi connectivity index (χ1) is 7.77. The van der Waals surface area contributed by atoms with Crippen molar-refractivity contribution in [1.29, 1.82) is 0 Å². The van der Waals surface area contributed by atoms with E-state index in [0.29, 0.717) is 18.6 Å². The molecule has 3 nitrogen and oxygen atoms in total. The monoisotopic (exact) mass is 223 g/mol. The van der Waals surface area contributed by atoms with Gasteiger partial charge in [0.1, 0.15) is 0 Å². The lowest BCUT2D eigenvalue weighted by Crippen LogP contribution is -2.62. The van der Waals surface area contributed by atoms with Crippen molar-refractivity contribution in [3.63, 3.8) is 0 Å². The number of hydrogen-bond donors (Lipinski definition) is 0. The highest BCUT2D eigenvalue weighted by molar-refractivity contribution is 5.85. The topological polar surface area (TPSA) is 29.5 Å². The van der Waals surface area contributed by atoms with Crippen LogP contribution in [-0.2, 0) is 9.53 Å². The number of carbonyl (C=O) groups excluding carboxylic acids is 1. The van der Waals surface area contributed by atoms with Crippen molar-refractivity contribution in [1.82, 2.24) is 4.90 Å². The zero-order valence-electron chi connectivity index (χ0n) is 10.1. The third kappa shape index (κ3) is 1.33. The summed E-state index contributed by atoms with van der Waals surface area (Å²) in [5.41, 5.74) is -0.137. The Labute approximate surface area is 97.1 Å². The number of hydrogen-bond acceptors (Lipinski definition) is 2. The maximum atomic E-state index is 12.5. The predicted molar refractivity (Wildman–Crippen MR) is 61.0 cm³/mol. The molecule has 0 N–H and O–H groups in total. The molecule has 16 heavy (non-hydrogen) atoms. The fraction of sp³-hybridized carbons (Fsp3) is 0.923. The van der Waals surface area contributed by atoms with Crippen LogP contribution >= 0.6 is 0 Å². The summed E-state index contributed by atoms with van der Waals surface area (Å²) in [7, 11) is 1.71. The minimum Gasteiger partial charge on any atom is -0.384 e. The Bertz CT molecular complexity index is 298. The molecule has 2 saturated carbocycles. The van der Waals surface area contributed by atoms with E-state index >= 15 is 0 Å². The predicted octanol–water partition coefficient (Wildman–Crippen LogP) is 1.81. The molecule has 0 aromatic rings. The van der Waals surface area contributed by atoms with Crippen LogP contribution in [0.4, 0.5) is 0 Å². The Kier molecular flexibility index (Phi) is 2.46. The second-order valence-electron chi connectivity index (χ2n) is 5.78. The normalized spacial score (nSPS) is 35.2. The number of carbonyl (C=O) groups is 1. The summed E-state index contributed by atoms with van der Waals surface area (Å²) in [4.78, 5) is 14.7. The molecule has 1 heterocycles. The van der Waals surface area contributed by atoms with Crippen LogP contribution < -0.4 is 0 Å². The number of methoxy groups -OCH3 is 1. The zero-order valence-corrected chi connectivity index (χ0v) is 10.1. The van der Waals surface area contributed by atoms with Crippen LogP contribution in [0, 0.1) is 11.3 Å². The van der Waals surface area contributed by atoms with E-state index in [2.05, 4.69) is 4.90 Å². The van der Waals surface area contributed by atoms with Crippen LogP contribution in [-0.4, -0.2) is 37.1 Å². The van der Waals surface area contributed by atoms with Gasteiger partial charge in [-0.15, -0.1) is 0 Å². The van der Waals surface area contributed by atoms with Crippen LogP contribution in [0.5, 0.6) is 0 Å². The number of likely N-dealkylation sites (tertiary alicyclic amines) is 1. The first-order valence-corrected chi connectivity index (χ1v) is 6.57. The van der Waals surface area contributed by atoms with E-state index < -0.39 is 0 Å². The van der Waals surface area contributed by atoms with Gasteiger partial charge in [0.15, 0.2) is 0 Å². The van der Waals surface area contributed by atoms with Gasteiger partial charge in [-0.3, -0.25) is 4.79 Å². The molecular formula is C13H21NO2. The van der Waals surface area contributed by atoms with Gasteiger partial charge in [0.2, 0.25) is 5.91 Å². The Hall–Kier alpha value is -0.570. The quantitative estimate of drug-likeness (QED) is 0.730. The van der Waals surface area contributed by atoms with Crippen molar-refractivity contribution in [3.8, 4) is 0 Å². The van der Waals surface area contributed by atoms with Gasteiger partial charge in [0.05, 0.1) is 12.0 Å². The Morgan fingerprint density at radius 1 is 1.38 bits per heavy atom. The largest absolute Gasteiger partial charge is 0.384 e. The van der Waals surface area contributed by atoms with Crippen LogP contribution in [0.3, 0.4) is 0 Å². The highest BCUT2D eigenvalue weighted by Gasteiger charge is 2.53. The molecule has 2 aliphatic carbocycles. The summed E-state index contributed by atoms with van der Waals surface area (Å²) < 4.78 is 5.25. The van der Waals surface area contributed by atoms with Crippen LogP contribution in [0.15, 0.2) is 0 Å². The molecular weight excluding hydrogens is 202 g/mol. The summed E-state index contributed by atoms with van der Waals surface area (Å²) in [6.45, 7) is 1.65. The van der Waals surface area contributed by atoms with Crippen LogP contribution in [0.25, 0.3) is 0 Å². The molecule has 3 fully saturated rings. The molecule has 3 rings (SSSR count). The Morgan fingerprint density at radius 3 is 2.75 bits per heavy atom. The number of nitrogens with zero attached hydrogens (tertiary/aromatic N) is 1. The first kappa shape index (κ1) is 10.6. The molecule has 0 bridgehead atoms. The van der Waals surface area contributed by atoms with Gasteiger partial charge >= 0.3 is 0 Å². The lowest BCUT2D eigenvalue weighted by atomic mass is 9.67. The molecule has 90 valence electrons. The number of fused-ring (bicyclic) bond motifs is 1. The standard InChI is InChI=1S/C13H21NO2/c1-16-9-13(6-3-7-13)12(15)14-8-10-4-2-5-11(10)14/h10-11H,2-9H2,1H3/t10-,11-/m0/s1. The lowest BCUT2D eigenvalue weighted by Gasteiger charge is -2.51. The van der Waals surface area contributed by atoms with E-state index in [1.165, 1.54) is 25.7 Å². The van der Waals surface area contributed by atoms with Crippen molar-refractivity contribution < 1.29 is 9.53 Å². The molecule has 0 unspecified atom stereocenters. The van der Waals surface area contributed by atoms with E-state index in [0.717, 1.165) is 25.3 Å². The molecule has 3 aliphatic rings. The summed E-state index contributed by atoms with van der Waals surface area (Å²) in [6.07, 6.45) is 7.15. The van der Waals surface area contributed by atoms with E-state index in [9.17, 15) is 4.79 Å². The highest BCUT2D eigenvalue weighted by atomic mass is 16.5. The van der Waals surface area contributed by atoms with Crippen molar-refractivity contribution in [2.24, 2.45) is 11.3 Å². The van der Waals surface area contributed by atoms with Gasteiger partial charge in [-0.1, -0.05) is 12.8 Å². The van der Waals surface area contributed by atoms with Gasteiger partial charge < -0.3 is 9.64 Å². The zero-order chi connectivity index (χ0) is 11.2. The molecule has 1 amide bonds. The summed E-state index contributed by atoms with van der Waals surface area (Å²) in [5, 5.41) is 0. The molecule has 0 aromatic heterocycles. The second-order valence-corrected chi connectivity index (χ2v) is 5.78. The minimum atomic E-state index is -0.137. The van der Waals surface area contributed by atoms with Crippen molar-refractivity contribution in [2.45, 2.75) is 44.6 Å². The molecule has 1 aliphatic heterocycles. The summed E-state index contributed by atoms with van der Waals surface area (Å²) in [5.74, 6) is 1.22. The molecule has 0 aromatic carbocycles. The smallest absolute Gasteiger partial charge is 0.231 e. The average molecular weight is 223 g/mol. The average Bonchev–Trinajstić information content (AvgIpc) is 2.54. The Morgan fingerprint density at radius 2 is 2.19 bits per heavy atom. The third-order valence-electron chi connectivity index (χ3n) is 4.90. The Balaban J connectivity index is 1.68. The van der Waals surface area contributed by atoms with E-state index in [-0.39, 0.29) is 5.41 Å². The fourth-order valence-corrected chi connectivity index (χ4v) is 3.73. The van der Waals surface area contributed by atoms with E-state index in [1.807, 2.05) is 0 Å². The van der Waals surface area contributed by atoms with Crippen molar-refractivity contribution in [2.75, 3.05) is 20.3 Å². The lowest BCUT2D eigenvalue weighted by molar-refractivity contribution is -0.163. The van der Waals surface area contributed by atoms with Gasteiger partial charge in [-0.2, -0.15) is 0 Å². The van der Waals surface area contributed by atoms with Crippen molar-refractivity contribution >= 4 is 5.91 Å². The number of ether oxygens (including phenoxy) is 1. The van der Waals surface area contributed by atoms with Gasteiger partial charge in [0.25, 0.3) is 0 Å². The first-order valence-electron chi connectivity index (χ1n) is 6.57. The molecule has 2 atom stereocenters. The molecule has 0 spiro atoms. The van der Waals surface area contributed by atoms with Gasteiger partial charge in [-0.05, 0) is 31.6 Å². The number of amides is 1. The van der Waals surface area contributed by atoms with Gasteiger partial charge in [0, 0.05) is 19.7 Å². The highest BCUT2D eigenvalue weighted by Crippen LogP contribution is 2.47. The summed E-state index contributed by atoms with van der Waals surface area (Å²) in [6, 6.07) is 0.585. The SMILES string of the molecule is COCC1(C(=O)N2C[C@@H]3CCC[C@@H]32)CCC1. The van der Waals surface area contributed by atoms with E-state index in [4.69, 9.17) is 4.74 Å². The maximum absolute atomic E-state index is 12.5. The number of rotatable bonds is 3. The molecule has 1 saturated heterocycles. The molecule has 0 radical (unpaired) electrons. The third-order valence-corrected chi connectivity index (χ3v) is 4.90. The summed E-state index contributed by atoms with van der Waals surface area (Å²) >= 11 is 0. The molecule has 3 heteroatoms. The van der Waals surface area contributed by atoms with E-state index in [1.54, 1.807) is 7.11 Å². The minimum absolute atomic E-state index is 0.137. The van der Waals surface area contributed by atoms with Crippen LogP contribution in [0.1, 0.15) is 38.5 Å². The van der Waals surface area contributed by atoms with Gasteiger partial charge in [-0.25, -0.2) is 0 Å². The van der Waals surface area contributed by atoms with Crippen LogP contribution in [0.2, 0.25) is 0 Å².